The SMILES string of the molecule is O=C(NCc1cccnc1)C1CCCn2c(-c3ccccc3)nnc21. The van der Waals surface area contributed by atoms with E-state index >= 15 is 0 Å². The summed E-state index contributed by atoms with van der Waals surface area (Å²) in [6, 6.07) is 13.8. The highest BCUT2D eigenvalue weighted by atomic mass is 16.1. The number of pyridine rings is 1. The molecule has 1 unspecified atom stereocenters. The van der Waals surface area contributed by atoms with Gasteiger partial charge in [-0.3, -0.25) is 9.78 Å². The number of benzene rings is 1. The first kappa shape index (κ1) is 15.5. The van der Waals surface area contributed by atoms with Crippen LogP contribution in [0.1, 0.15) is 30.1 Å². The van der Waals surface area contributed by atoms with Crippen LogP contribution in [0, 0.1) is 0 Å². The molecule has 1 aromatic carbocycles. The third kappa shape index (κ3) is 3.15. The molecule has 0 saturated heterocycles. The van der Waals surface area contributed by atoms with Crippen molar-refractivity contribution in [3.8, 4) is 11.4 Å². The first-order valence-electron chi connectivity index (χ1n) is 8.48. The van der Waals surface area contributed by atoms with Gasteiger partial charge in [0, 0.05) is 31.0 Å². The van der Waals surface area contributed by atoms with Crippen LogP contribution in [0.5, 0.6) is 0 Å². The molecule has 3 heterocycles. The first-order chi connectivity index (χ1) is 12.3. The monoisotopic (exact) mass is 333 g/mol. The summed E-state index contributed by atoms with van der Waals surface area (Å²) in [6.07, 6.45) is 5.22. The molecule has 6 nitrogen and oxygen atoms in total. The van der Waals surface area contributed by atoms with Crippen LogP contribution >= 0.6 is 0 Å². The maximum atomic E-state index is 12.7. The van der Waals surface area contributed by atoms with Crippen LogP contribution in [0.4, 0.5) is 0 Å². The molecule has 4 rings (SSSR count). The molecule has 0 fully saturated rings. The van der Waals surface area contributed by atoms with E-state index in [1.807, 2.05) is 42.5 Å². The fraction of sp³-hybridized carbons (Fsp3) is 0.263. The highest BCUT2D eigenvalue weighted by Crippen LogP contribution is 2.30. The molecule has 0 bridgehead atoms. The van der Waals surface area contributed by atoms with Gasteiger partial charge in [-0.25, -0.2) is 0 Å². The molecular weight excluding hydrogens is 314 g/mol. The van der Waals surface area contributed by atoms with E-state index < -0.39 is 0 Å². The number of rotatable bonds is 4. The Morgan fingerprint density at radius 3 is 2.84 bits per heavy atom. The Kier molecular flexibility index (Phi) is 4.24. The molecular formula is C19H19N5O. The second kappa shape index (κ2) is 6.84. The zero-order chi connectivity index (χ0) is 17.1. The number of nitrogens with one attached hydrogen (secondary N) is 1. The van der Waals surface area contributed by atoms with E-state index in [2.05, 4.69) is 25.1 Å². The molecule has 1 aliphatic heterocycles. The van der Waals surface area contributed by atoms with Crippen molar-refractivity contribution in [3.05, 3.63) is 66.2 Å². The predicted molar refractivity (Wildman–Crippen MR) is 93.5 cm³/mol. The van der Waals surface area contributed by atoms with Crippen molar-refractivity contribution >= 4 is 5.91 Å². The van der Waals surface area contributed by atoms with E-state index in [1.54, 1.807) is 12.4 Å². The maximum absolute atomic E-state index is 12.7. The minimum Gasteiger partial charge on any atom is -0.351 e. The lowest BCUT2D eigenvalue weighted by Crippen LogP contribution is -2.33. The smallest absolute Gasteiger partial charge is 0.231 e. The number of nitrogens with zero attached hydrogens (tertiary/aromatic N) is 4. The average Bonchev–Trinajstić information content (AvgIpc) is 3.12. The third-order valence-corrected chi connectivity index (χ3v) is 4.50. The second-order valence-electron chi connectivity index (χ2n) is 6.17. The molecule has 0 spiro atoms. The van der Waals surface area contributed by atoms with Crippen molar-refractivity contribution in [2.24, 2.45) is 0 Å². The van der Waals surface area contributed by atoms with Gasteiger partial charge in [0.1, 0.15) is 5.82 Å². The Hall–Kier alpha value is -3.02. The van der Waals surface area contributed by atoms with Gasteiger partial charge in [-0.1, -0.05) is 36.4 Å². The molecule has 2 aromatic heterocycles. The van der Waals surface area contributed by atoms with E-state index in [1.165, 1.54) is 0 Å². The lowest BCUT2D eigenvalue weighted by molar-refractivity contribution is -0.123. The summed E-state index contributed by atoms with van der Waals surface area (Å²) < 4.78 is 2.08. The quantitative estimate of drug-likeness (QED) is 0.796. The van der Waals surface area contributed by atoms with Crippen LogP contribution in [0.25, 0.3) is 11.4 Å². The van der Waals surface area contributed by atoms with Crippen molar-refractivity contribution in [2.75, 3.05) is 0 Å². The number of carbonyl (C=O) groups excluding carboxylic acids is 1. The van der Waals surface area contributed by atoms with E-state index in [-0.39, 0.29) is 11.8 Å². The summed E-state index contributed by atoms with van der Waals surface area (Å²) in [5, 5.41) is 11.7. The molecule has 25 heavy (non-hydrogen) atoms. The molecule has 126 valence electrons. The number of hydrogen-bond acceptors (Lipinski definition) is 4. The van der Waals surface area contributed by atoms with Crippen LogP contribution in [0.3, 0.4) is 0 Å². The van der Waals surface area contributed by atoms with Gasteiger partial charge in [-0.2, -0.15) is 0 Å². The zero-order valence-electron chi connectivity index (χ0n) is 13.8. The van der Waals surface area contributed by atoms with E-state index in [4.69, 9.17) is 0 Å². The van der Waals surface area contributed by atoms with Gasteiger partial charge >= 0.3 is 0 Å². The van der Waals surface area contributed by atoms with Gasteiger partial charge in [0.15, 0.2) is 5.82 Å². The molecule has 1 atom stereocenters. The van der Waals surface area contributed by atoms with Gasteiger partial charge < -0.3 is 9.88 Å². The highest BCUT2D eigenvalue weighted by molar-refractivity contribution is 5.83. The topological polar surface area (TPSA) is 72.7 Å². The van der Waals surface area contributed by atoms with Crippen molar-refractivity contribution < 1.29 is 4.79 Å². The second-order valence-corrected chi connectivity index (χ2v) is 6.17. The summed E-state index contributed by atoms with van der Waals surface area (Å²) in [5.41, 5.74) is 2.01. The van der Waals surface area contributed by atoms with Gasteiger partial charge in [-0.15, -0.1) is 10.2 Å². The number of fused-ring (bicyclic) bond motifs is 1. The number of hydrogen-bond donors (Lipinski definition) is 1. The van der Waals surface area contributed by atoms with Gasteiger partial charge in [0.25, 0.3) is 0 Å². The minimum absolute atomic E-state index is 0.00295. The Labute approximate surface area is 145 Å². The van der Waals surface area contributed by atoms with Crippen LogP contribution < -0.4 is 5.32 Å². The summed E-state index contributed by atoms with van der Waals surface area (Å²) >= 11 is 0. The molecule has 0 radical (unpaired) electrons. The van der Waals surface area contributed by atoms with Crippen molar-refractivity contribution in [3.63, 3.8) is 0 Å². The summed E-state index contributed by atoms with van der Waals surface area (Å²) in [5.74, 6) is 1.33. The fourth-order valence-corrected chi connectivity index (χ4v) is 3.24. The number of carbonyl (C=O) groups is 1. The predicted octanol–water partition coefficient (Wildman–Crippen LogP) is 2.53. The Morgan fingerprint density at radius 1 is 1.16 bits per heavy atom. The number of amides is 1. The minimum atomic E-state index is -0.254. The van der Waals surface area contributed by atoms with E-state index in [0.29, 0.717) is 6.54 Å². The Balaban J connectivity index is 1.54. The third-order valence-electron chi connectivity index (χ3n) is 4.50. The maximum Gasteiger partial charge on any atom is 0.231 e. The van der Waals surface area contributed by atoms with Crippen molar-refractivity contribution in [1.29, 1.82) is 0 Å². The fourth-order valence-electron chi connectivity index (χ4n) is 3.24. The molecule has 1 N–H and O–H groups in total. The molecule has 3 aromatic rings. The standard InChI is InChI=1S/C19H19N5O/c25-19(21-13-14-6-4-10-20-12-14)16-9-5-11-24-17(22-23-18(16)24)15-7-2-1-3-8-15/h1-4,6-8,10,12,16H,5,9,11,13H2,(H,21,25). The molecule has 6 heteroatoms. The van der Waals surface area contributed by atoms with Crippen LogP contribution in [-0.4, -0.2) is 25.7 Å². The van der Waals surface area contributed by atoms with Gasteiger partial charge in [-0.05, 0) is 24.5 Å². The number of aromatic nitrogens is 4. The molecule has 1 amide bonds. The molecule has 0 aliphatic carbocycles. The summed E-state index contributed by atoms with van der Waals surface area (Å²) in [6.45, 7) is 1.32. The van der Waals surface area contributed by atoms with Crippen molar-refractivity contribution in [2.45, 2.75) is 31.8 Å². The first-order valence-corrected chi connectivity index (χ1v) is 8.48. The zero-order valence-corrected chi connectivity index (χ0v) is 13.8. The van der Waals surface area contributed by atoms with Crippen molar-refractivity contribution in [1.82, 2.24) is 25.1 Å². The van der Waals surface area contributed by atoms with E-state index in [0.717, 1.165) is 42.2 Å². The van der Waals surface area contributed by atoms with Crippen LogP contribution in [-0.2, 0) is 17.9 Å². The Bertz CT molecular complexity index is 860. The average molecular weight is 333 g/mol. The van der Waals surface area contributed by atoms with Gasteiger partial charge in [0.2, 0.25) is 5.91 Å². The van der Waals surface area contributed by atoms with Crippen LogP contribution in [0.15, 0.2) is 54.9 Å². The van der Waals surface area contributed by atoms with Gasteiger partial charge in [0.05, 0.1) is 5.92 Å². The summed E-state index contributed by atoms with van der Waals surface area (Å²) in [7, 11) is 0. The Morgan fingerprint density at radius 2 is 2.04 bits per heavy atom. The lowest BCUT2D eigenvalue weighted by atomic mass is 9.97. The van der Waals surface area contributed by atoms with Crippen LogP contribution in [0.2, 0.25) is 0 Å². The normalized spacial score (nSPS) is 16.2. The molecule has 0 saturated carbocycles. The largest absolute Gasteiger partial charge is 0.351 e. The summed E-state index contributed by atoms with van der Waals surface area (Å²) in [4.78, 5) is 16.7. The lowest BCUT2D eigenvalue weighted by Gasteiger charge is -2.23. The molecule has 1 aliphatic rings. The van der Waals surface area contributed by atoms with E-state index in [9.17, 15) is 4.79 Å². The highest BCUT2D eigenvalue weighted by Gasteiger charge is 2.30.